The number of hydrogen-bond donors (Lipinski definition) is 1. The number of methoxy groups -OCH3 is 2. The summed E-state index contributed by atoms with van der Waals surface area (Å²) in [6.07, 6.45) is 4.63. The van der Waals surface area contributed by atoms with Gasteiger partial charge in [-0.1, -0.05) is 12.1 Å². The van der Waals surface area contributed by atoms with Crippen molar-refractivity contribution in [1.29, 1.82) is 0 Å². The van der Waals surface area contributed by atoms with Crippen molar-refractivity contribution in [2.24, 2.45) is 0 Å². The Morgan fingerprint density at radius 3 is 2.69 bits per heavy atom. The van der Waals surface area contributed by atoms with Gasteiger partial charge in [-0.2, -0.15) is 0 Å². The summed E-state index contributed by atoms with van der Waals surface area (Å²) in [6, 6.07) is 12.6. The van der Waals surface area contributed by atoms with Crippen LogP contribution < -0.4 is 14.8 Å². The van der Waals surface area contributed by atoms with E-state index in [1.165, 1.54) is 17.1 Å². The molecule has 0 saturated carbocycles. The van der Waals surface area contributed by atoms with Gasteiger partial charge in [0, 0.05) is 11.8 Å². The second-order valence-electron chi connectivity index (χ2n) is 5.24. The van der Waals surface area contributed by atoms with E-state index in [0.29, 0.717) is 17.2 Å². The molecule has 26 heavy (non-hydrogen) atoms. The van der Waals surface area contributed by atoms with Crippen LogP contribution in [0, 0.1) is 0 Å². The minimum Gasteiger partial charge on any atom is -0.493 e. The number of benzene rings is 2. The summed E-state index contributed by atoms with van der Waals surface area (Å²) in [5.74, 6) is 0.978. The summed E-state index contributed by atoms with van der Waals surface area (Å²) in [5, 5.41) is 13.8. The van der Waals surface area contributed by atoms with Crippen molar-refractivity contribution < 1.29 is 14.3 Å². The van der Waals surface area contributed by atoms with Crippen molar-refractivity contribution in [3.05, 3.63) is 60.4 Å². The number of hydrogen-bond acceptors (Lipinski definition) is 6. The molecule has 0 fully saturated rings. The Kier molecular flexibility index (Phi) is 5.23. The van der Waals surface area contributed by atoms with E-state index in [0.717, 1.165) is 11.3 Å². The monoisotopic (exact) mass is 351 g/mol. The first-order valence-corrected chi connectivity index (χ1v) is 7.74. The van der Waals surface area contributed by atoms with Crippen molar-refractivity contribution in [2.75, 3.05) is 19.5 Å². The molecule has 2 aromatic carbocycles. The van der Waals surface area contributed by atoms with E-state index in [9.17, 15) is 4.79 Å². The molecule has 0 saturated heterocycles. The molecule has 1 aromatic heterocycles. The van der Waals surface area contributed by atoms with Gasteiger partial charge in [-0.15, -0.1) is 5.10 Å². The molecule has 0 aliphatic heterocycles. The topological polar surface area (TPSA) is 91.2 Å². The summed E-state index contributed by atoms with van der Waals surface area (Å²) >= 11 is 0. The average molecular weight is 351 g/mol. The molecule has 1 amide bonds. The molecule has 0 atom stereocenters. The number of nitrogens with one attached hydrogen (secondary N) is 1. The Balaban J connectivity index is 1.69. The lowest BCUT2D eigenvalue weighted by atomic mass is 10.2. The molecule has 0 unspecified atom stereocenters. The van der Waals surface area contributed by atoms with Gasteiger partial charge < -0.3 is 14.8 Å². The van der Waals surface area contributed by atoms with Crippen LogP contribution in [0.5, 0.6) is 11.5 Å². The first-order chi connectivity index (χ1) is 12.7. The standard InChI is InChI=1S/C18H17N5O3/c1-25-16-8-6-13(10-17(16)26-2)7-9-18(24)20-14-4-3-5-15(11-14)23-12-19-21-22-23/h3-12H,1-2H3,(H,20,24)/b9-7-. The Labute approximate surface area is 150 Å². The predicted octanol–water partition coefficient (Wildman–Crippen LogP) is 2.33. The van der Waals surface area contributed by atoms with Gasteiger partial charge in [0.1, 0.15) is 6.33 Å². The van der Waals surface area contributed by atoms with Crippen LogP contribution in [0.15, 0.2) is 54.9 Å². The van der Waals surface area contributed by atoms with Crippen LogP contribution in [0.2, 0.25) is 0 Å². The quantitative estimate of drug-likeness (QED) is 0.686. The van der Waals surface area contributed by atoms with Crippen molar-refractivity contribution >= 4 is 17.7 Å². The zero-order valence-electron chi connectivity index (χ0n) is 14.3. The van der Waals surface area contributed by atoms with Gasteiger partial charge in [-0.25, -0.2) is 4.68 Å². The number of carbonyl (C=O) groups excluding carboxylic acids is 1. The third-order valence-corrected chi connectivity index (χ3v) is 3.56. The molecule has 0 radical (unpaired) electrons. The minimum absolute atomic E-state index is 0.256. The van der Waals surface area contributed by atoms with Crippen LogP contribution >= 0.6 is 0 Å². The maximum Gasteiger partial charge on any atom is 0.248 e. The van der Waals surface area contributed by atoms with Gasteiger partial charge in [-0.3, -0.25) is 4.79 Å². The van der Waals surface area contributed by atoms with Crippen molar-refractivity contribution in [3.8, 4) is 17.2 Å². The molecule has 8 heteroatoms. The molecule has 3 aromatic rings. The van der Waals surface area contributed by atoms with Gasteiger partial charge in [0.2, 0.25) is 5.91 Å². The molecule has 0 aliphatic carbocycles. The predicted molar refractivity (Wildman–Crippen MR) is 96.4 cm³/mol. The van der Waals surface area contributed by atoms with Crippen molar-refractivity contribution in [2.45, 2.75) is 0 Å². The van der Waals surface area contributed by atoms with Gasteiger partial charge in [0.15, 0.2) is 11.5 Å². The highest BCUT2D eigenvalue weighted by atomic mass is 16.5. The lowest BCUT2D eigenvalue weighted by Gasteiger charge is -2.07. The molecule has 132 valence electrons. The molecular weight excluding hydrogens is 334 g/mol. The van der Waals surface area contributed by atoms with Gasteiger partial charge in [0.05, 0.1) is 19.9 Å². The van der Waals surface area contributed by atoms with E-state index >= 15 is 0 Å². The summed E-state index contributed by atoms with van der Waals surface area (Å²) in [7, 11) is 3.14. The number of tetrazole rings is 1. The Morgan fingerprint density at radius 2 is 1.96 bits per heavy atom. The largest absolute Gasteiger partial charge is 0.493 e. The SMILES string of the molecule is COc1ccc(/C=C\C(=O)Nc2cccc(-n3cnnn3)c2)cc1OC. The van der Waals surface area contributed by atoms with Crippen molar-refractivity contribution in [3.63, 3.8) is 0 Å². The molecule has 1 heterocycles. The third-order valence-electron chi connectivity index (χ3n) is 3.56. The fraction of sp³-hybridized carbons (Fsp3) is 0.111. The fourth-order valence-electron chi connectivity index (χ4n) is 2.32. The fourth-order valence-corrected chi connectivity index (χ4v) is 2.32. The molecule has 0 bridgehead atoms. The molecule has 0 spiro atoms. The minimum atomic E-state index is -0.256. The maximum absolute atomic E-state index is 12.2. The van der Waals surface area contributed by atoms with E-state index < -0.39 is 0 Å². The summed E-state index contributed by atoms with van der Waals surface area (Å²) in [5.41, 5.74) is 2.21. The maximum atomic E-state index is 12.2. The number of anilines is 1. The zero-order chi connectivity index (χ0) is 18.4. The van der Waals surface area contributed by atoms with E-state index in [1.807, 2.05) is 18.2 Å². The molecule has 8 nitrogen and oxygen atoms in total. The third kappa shape index (κ3) is 4.04. The number of rotatable bonds is 6. The zero-order valence-corrected chi connectivity index (χ0v) is 14.3. The van der Waals surface area contributed by atoms with Gasteiger partial charge >= 0.3 is 0 Å². The van der Waals surface area contributed by atoms with Gasteiger partial charge in [0.25, 0.3) is 0 Å². The highest BCUT2D eigenvalue weighted by Crippen LogP contribution is 2.28. The van der Waals surface area contributed by atoms with E-state index in [4.69, 9.17) is 9.47 Å². The summed E-state index contributed by atoms with van der Waals surface area (Å²) in [6.45, 7) is 0. The first-order valence-electron chi connectivity index (χ1n) is 7.74. The van der Waals surface area contributed by atoms with E-state index in [-0.39, 0.29) is 5.91 Å². The van der Waals surface area contributed by atoms with Crippen LogP contribution in [0.3, 0.4) is 0 Å². The summed E-state index contributed by atoms with van der Waals surface area (Å²) < 4.78 is 12.0. The Morgan fingerprint density at radius 1 is 1.12 bits per heavy atom. The number of ether oxygens (including phenoxy) is 2. The van der Waals surface area contributed by atoms with E-state index in [2.05, 4.69) is 20.8 Å². The van der Waals surface area contributed by atoms with E-state index in [1.54, 1.807) is 44.6 Å². The average Bonchev–Trinajstić information content (AvgIpc) is 3.21. The van der Waals surface area contributed by atoms with Gasteiger partial charge in [-0.05, 0) is 52.4 Å². The smallest absolute Gasteiger partial charge is 0.248 e. The Hall–Kier alpha value is -3.68. The normalized spacial score (nSPS) is 10.7. The second-order valence-corrected chi connectivity index (χ2v) is 5.24. The Bertz CT molecular complexity index is 922. The summed E-state index contributed by atoms with van der Waals surface area (Å²) in [4.78, 5) is 12.2. The van der Waals surface area contributed by atoms with Crippen LogP contribution in [0.4, 0.5) is 5.69 Å². The second kappa shape index (κ2) is 7.93. The van der Waals surface area contributed by atoms with Crippen LogP contribution in [-0.4, -0.2) is 40.3 Å². The molecular formula is C18H17N5O3. The van der Waals surface area contributed by atoms with Crippen LogP contribution in [0.25, 0.3) is 11.8 Å². The molecule has 1 N–H and O–H groups in total. The molecule has 3 rings (SSSR count). The lowest BCUT2D eigenvalue weighted by molar-refractivity contribution is -0.111. The molecule has 0 aliphatic rings. The highest BCUT2D eigenvalue weighted by molar-refractivity contribution is 6.02. The number of nitrogens with zero attached hydrogens (tertiary/aromatic N) is 4. The highest BCUT2D eigenvalue weighted by Gasteiger charge is 2.04. The van der Waals surface area contributed by atoms with Crippen LogP contribution in [-0.2, 0) is 4.79 Å². The lowest BCUT2D eigenvalue weighted by Crippen LogP contribution is -2.08. The van der Waals surface area contributed by atoms with Crippen LogP contribution in [0.1, 0.15) is 5.56 Å². The number of aromatic nitrogens is 4. The number of amides is 1. The number of carbonyl (C=O) groups is 1. The first kappa shape index (κ1) is 17.2. The van der Waals surface area contributed by atoms with Crippen molar-refractivity contribution in [1.82, 2.24) is 20.2 Å².